The van der Waals surface area contributed by atoms with Crippen LogP contribution in [-0.2, 0) is 15.3 Å². The Labute approximate surface area is 142 Å². The molecule has 0 saturated heterocycles. The maximum Gasteiger partial charge on any atom is 0.337 e. The summed E-state index contributed by atoms with van der Waals surface area (Å²) >= 11 is 1.62. The third-order valence-electron chi connectivity index (χ3n) is 4.20. The van der Waals surface area contributed by atoms with Crippen LogP contribution in [0.3, 0.4) is 0 Å². The van der Waals surface area contributed by atoms with Gasteiger partial charge >= 0.3 is 5.97 Å². The number of thioether (sulfide) groups is 1. The van der Waals surface area contributed by atoms with E-state index in [0.29, 0.717) is 11.6 Å². The second-order valence-electron chi connectivity index (χ2n) is 5.99. The fourth-order valence-electron chi connectivity index (χ4n) is 2.72. The molecule has 0 bridgehead atoms. The van der Waals surface area contributed by atoms with Crippen LogP contribution in [0.25, 0.3) is 0 Å². The lowest BCUT2D eigenvalue weighted by molar-refractivity contribution is -0.121. The molecule has 126 valence electrons. The van der Waals surface area contributed by atoms with Crippen LogP contribution in [0.15, 0.2) is 24.3 Å². The van der Waals surface area contributed by atoms with E-state index in [1.54, 1.807) is 23.9 Å². The smallest absolute Gasteiger partial charge is 0.337 e. The van der Waals surface area contributed by atoms with Gasteiger partial charge < -0.3 is 10.1 Å². The third kappa shape index (κ3) is 5.57. The van der Waals surface area contributed by atoms with E-state index >= 15 is 0 Å². The van der Waals surface area contributed by atoms with Crippen molar-refractivity contribution in [3.63, 3.8) is 0 Å². The summed E-state index contributed by atoms with van der Waals surface area (Å²) in [6.07, 6.45) is 5.95. The van der Waals surface area contributed by atoms with Gasteiger partial charge in [0.15, 0.2) is 0 Å². The number of esters is 1. The molecule has 0 heterocycles. The molecule has 0 aromatic heterocycles. The van der Waals surface area contributed by atoms with Gasteiger partial charge in [-0.3, -0.25) is 4.79 Å². The predicted molar refractivity (Wildman–Crippen MR) is 93.6 cm³/mol. The molecule has 5 heteroatoms. The monoisotopic (exact) mass is 335 g/mol. The Morgan fingerprint density at radius 3 is 2.48 bits per heavy atom. The number of rotatable bonds is 6. The normalized spacial score (nSPS) is 16.6. The number of nitrogens with one attached hydrogen (secondary N) is 1. The number of carbonyl (C=O) groups excluding carboxylic acids is 2. The second kappa shape index (κ2) is 8.96. The SMILES string of the molecule is COC(=O)c1ccc(CSC(C)C(=O)NC2CCCCC2)cc1. The zero-order valence-electron chi connectivity index (χ0n) is 13.8. The lowest BCUT2D eigenvalue weighted by Crippen LogP contribution is -2.40. The lowest BCUT2D eigenvalue weighted by atomic mass is 9.95. The minimum absolute atomic E-state index is 0.0720. The van der Waals surface area contributed by atoms with Gasteiger partial charge in [0.05, 0.1) is 17.9 Å². The number of hydrogen-bond donors (Lipinski definition) is 1. The van der Waals surface area contributed by atoms with Crippen LogP contribution < -0.4 is 5.32 Å². The van der Waals surface area contributed by atoms with Gasteiger partial charge in [0.25, 0.3) is 0 Å². The van der Waals surface area contributed by atoms with Crippen molar-refractivity contribution in [1.29, 1.82) is 0 Å². The molecule has 1 atom stereocenters. The van der Waals surface area contributed by atoms with Crippen LogP contribution in [0.5, 0.6) is 0 Å². The highest BCUT2D eigenvalue weighted by Crippen LogP contribution is 2.21. The van der Waals surface area contributed by atoms with Crippen LogP contribution >= 0.6 is 11.8 Å². The van der Waals surface area contributed by atoms with E-state index in [1.807, 2.05) is 19.1 Å². The Bertz CT molecular complexity index is 524. The van der Waals surface area contributed by atoms with Crippen molar-refractivity contribution < 1.29 is 14.3 Å². The van der Waals surface area contributed by atoms with Crippen molar-refractivity contribution in [2.45, 2.75) is 56.1 Å². The van der Waals surface area contributed by atoms with Gasteiger partial charge in [-0.1, -0.05) is 31.4 Å². The largest absolute Gasteiger partial charge is 0.465 e. The summed E-state index contributed by atoms with van der Waals surface area (Å²) in [4.78, 5) is 23.6. The first kappa shape index (κ1) is 17.9. The predicted octanol–water partition coefficient (Wildman–Crippen LogP) is 3.54. The van der Waals surface area contributed by atoms with Gasteiger partial charge in [0.1, 0.15) is 0 Å². The zero-order valence-corrected chi connectivity index (χ0v) is 14.7. The first-order valence-electron chi connectivity index (χ1n) is 8.19. The van der Waals surface area contributed by atoms with E-state index in [-0.39, 0.29) is 17.1 Å². The van der Waals surface area contributed by atoms with Gasteiger partial charge in [-0.15, -0.1) is 11.8 Å². The van der Waals surface area contributed by atoms with E-state index in [4.69, 9.17) is 0 Å². The second-order valence-corrected chi connectivity index (χ2v) is 7.31. The topological polar surface area (TPSA) is 55.4 Å². The summed E-state index contributed by atoms with van der Waals surface area (Å²) in [7, 11) is 1.37. The number of ether oxygens (including phenoxy) is 1. The molecule has 0 radical (unpaired) electrons. The van der Waals surface area contributed by atoms with Crippen molar-refractivity contribution in [2.75, 3.05) is 7.11 Å². The molecule has 0 spiro atoms. The standard InChI is InChI=1S/C18H25NO3S/c1-13(17(20)19-16-6-4-3-5-7-16)23-12-14-8-10-15(11-9-14)18(21)22-2/h8-11,13,16H,3-7,12H2,1-2H3,(H,19,20). The van der Waals surface area contributed by atoms with E-state index in [2.05, 4.69) is 10.1 Å². The van der Waals surface area contributed by atoms with E-state index in [0.717, 1.165) is 24.2 Å². The first-order valence-corrected chi connectivity index (χ1v) is 9.24. The van der Waals surface area contributed by atoms with Gasteiger partial charge in [-0.25, -0.2) is 4.79 Å². The van der Waals surface area contributed by atoms with Crippen LogP contribution in [0, 0.1) is 0 Å². The molecule has 1 aromatic carbocycles. The highest BCUT2D eigenvalue weighted by Gasteiger charge is 2.19. The molecule has 2 rings (SSSR count). The van der Waals surface area contributed by atoms with Crippen LogP contribution in [0.2, 0.25) is 0 Å². The molecular weight excluding hydrogens is 310 g/mol. The molecule has 1 amide bonds. The molecule has 4 nitrogen and oxygen atoms in total. The van der Waals surface area contributed by atoms with Crippen molar-refractivity contribution in [1.82, 2.24) is 5.32 Å². The zero-order chi connectivity index (χ0) is 16.7. The highest BCUT2D eigenvalue weighted by molar-refractivity contribution is 7.99. The summed E-state index contributed by atoms with van der Waals surface area (Å²) in [6, 6.07) is 7.69. The Balaban J connectivity index is 1.77. The summed E-state index contributed by atoms with van der Waals surface area (Å²) < 4.78 is 4.68. The van der Waals surface area contributed by atoms with Gasteiger partial charge in [0.2, 0.25) is 5.91 Å². The average Bonchev–Trinajstić information content (AvgIpc) is 2.60. The Hall–Kier alpha value is -1.49. The molecule has 23 heavy (non-hydrogen) atoms. The first-order chi connectivity index (χ1) is 11.1. The molecule has 1 fully saturated rings. The molecule has 1 saturated carbocycles. The summed E-state index contributed by atoms with van der Waals surface area (Å²) in [6.45, 7) is 1.95. The number of carbonyl (C=O) groups is 2. The molecular formula is C18H25NO3S. The summed E-state index contributed by atoms with van der Waals surface area (Å²) in [5, 5.41) is 3.09. The molecule has 0 aliphatic heterocycles. The maximum atomic E-state index is 12.2. The van der Waals surface area contributed by atoms with E-state index in [9.17, 15) is 9.59 Å². The van der Waals surface area contributed by atoms with Gasteiger partial charge in [-0.2, -0.15) is 0 Å². The average molecular weight is 335 g/mol. The highest BCUT2D eigenvalue weighted by atomic mass is 32.2. The van der Waals surface area contributed by atoms with E-state index in [1.165, 1.54) is 26.4 Å². The quantitative estimate of drug-likeness (QED) is 0.808. The molecule has 1 unspecified atom stereocenters. The molecule has 1 aliphatic carbocycles. The van der Waals surface area contributed by atoms with Crippen LogP contribution in [0.1, 0.15) is 54.9 Å². The number of hydrogen-bond acceptors (Lipinski definition) is 4. The Morgan fingerprint density at radius 2 is 1.87 bits per heavy atom. The minimum atomic E-state index is -0.329. The number of benzene rings is 1. The number of methoxy groups -OCH3 is 1. The molecule has 1 aromatic rings. The maximum absolute atomic E-state index is 12.2. The fraction of sp³-hybridized carbons (Fsp3) is 0.556. The Kier molecular flexibility index (Phi) is 6.96. The lowest BCUT2D eigenvalue weighted by Gasteiger charge is -2.24. The number of amides is 1. The van der Waals surface area contributed by atoms with Crippen molar-refractivity contribution in [3.8, 4) is 0 Å². The summed E-state index contributed by atoms with van der Waals surface area (Å²) in [5.74, 6) is 0.554. The third-order valence-corrected chi connectivity index (χ3v) is 5.41. The van der Waals surface area contributed by atoms with Crippen molar-refractivity contribution in [2.24, 2.45) is 0 Å². The Morgan fingerprint density at radius 1 is 1.22 bits per heavy atom. The molecule has 1 aliphatic rings. The van der Waals surface area contributed by atoms with Crippen molar-refractivity contribution >= 4 is 23.6 Å². The van der Waals surface area contributed by atoms with Crippen molar-refractivity contribution in [3.05, 3.63) is 35.4 Å². The fourth-order valence-corrected chi connectivity index (χ4v) is 3.57. The van der Waals surface area contributed by atoms with Gasteiger partial charge in [0, 0.05) is 11.8 Å². The summed E-state index contributed by atoms with van der Waals surface area (Å²) in [5.41, 5.74) is 1.64. The van der Waals surface area contributed by atoms with Gasteiger partial charge in [-0.05, 0) is 37.5 Å². The van der Waals surface area contributed by atoms with E-state index < -0.39 is 0 Å². The molecule has 1 N–H and O–H groups in total. The van der Waals surface area contributed by atoms with Crippen LogP contribution in [0.4, 0.5) is 0 Å². The minimum Gasteiger partial charge on any atom is -0.465 e. The van der Waals surface area contributed by atoms with Crippen LogP contribution in [-0.4, -0.2) is 30.3 Å².